The summed E-state index contributed by atoms with van der Waals surface area (Å²) in [5.74, 6) is 0.0872. The van der Waals surface area contributed by atoms with E-state index in [1.54, 1.807) is 9.80 Å². The number of carbonyl (C=O) groups is 2. The lowest BCUT2D eigenvalue weighted by Gasteiger charge is -2.33. The number of nitrogens with two attached hydrogens (primary N) is 1. The maximum atomic E-state index is 11.8. The molecule has 0 aromatic carbocycles. The zero-order chi connectivity index (χ0) is 13.5. The molecule has 2 N–H and O–H groups in total. The van der Waals surface area contributed by atoms with Crippen LogP contribution >= 0.6 is 12.2 Å². The summed E-state index contributed by atoms with van der Waals surface area (Å²) >= 11 is 4.79. The topological polar surface area (TPSA) is 66.6 Å². The van der Waals surface area contributed by atoms with Crippen LogP contribution < -0.4 is 5.73 Å². The molecule has 1 heterocycles. The van der Waals surface area contributed by atoms with Crippen LogP contribution in [0.1, 0.15) is 32.6 Å². The molecule has 18 heavy (non-hydrogen) atoms. The molecule has 0 bridgehead atoms. The average molecular weight is 271 g/mol. The molecule has 0 aromatic heterocycles. The van der Waals surface area contributed by atoms with Crippen LogP contribution in [0.15, 0.2) is 0 Å². The van der Waals surface area contributed by atoms with Gasteiger partial charge in [0.05, 0.1) is 18.1 Å². The van der Waals surface area contributed by atoms with Crippen LogP contribution in [0, 0.1) is 0 Å². The molecule has 1 aliphatic heterocycles. The van der Waals surface area contributed by atoms with Gasteiger partial charge in [-0.25, -0.2) is 0 Å². The van der Waals surface area contributed by atoms with Crippen molar-refractivity contribution in [3.05, 3.63) is 0 Å². The molecule has 102 valence electrons. The van der Waals surface area contributed by atoms with E-state index in [0.29, 0.717) is 24.5 Å². The predicted octanol–water partition coefficient (Wildman–Crippen LogP) is 0.524. The smallest absolute Gasteiger partial charge is 0.242 e. The quantitative estimate of drug-likeness (QED) is 0.541. The summed E-state index contributed by atoms with van der Waals surface area (Å²) in [6.07, 6.45) is 3.29. The molecular formula is C12H21N3O2S. The largest absolute Gasteiger partial charge is 0.393 e. The van der Waals surface area contributed by atoms with E-state index in [-0.39, 0.29) is 24.9 Å². The van der Waals surface area contributed by atoms with Gasteiger partial charge in [-0.2, -0.15) is 0 Å². The average Bonchev–Trinajstić information content (AvgIpc) is 2.30. The number of piperazine rings is 1. The van der Waals surface area contributed by atoms with Crippen molar-refractivity contribution in [2.45, 2.75) is 32.6 Å². The van der Waals surface area contributed by atoms with Crippen molar-refractivity contribution in [1.82, 2.24) is 9.80 Å². The van der Waals surface area contributed by atoms with Gasteiger partial charge in [-0.05, 0) is 25.7 Å². The molecule has 2 amide bonds. The minimum Gasteiger partial charge on any atom is -0.393 e. The standard InChI is InChI=1S/C12H21N3O2S/c1-2-6-14-8-12(17)15(9-11(14)16)7-4-3-5-10(13)18/h2-9H2,1H3,(H2,13,18). The minimum atomic E-state index is 0.0402. The fraction of sp³-hybridized carbons (Fsp3) is 0.750. The van der Waals surface area contributed by atoms with E-state index in [1.807, 2.05) is 6.92 Å². The molecule has 5 nitrogen and oxygen atoms in total. The molecule has 0 aromatic rings. The van der Waals surface area contributed by atoms with Gasteiger partial charge in [-0.3, -0.25) is 9.59 Å². The van der Waals surface area contributed by atoms with Crippen LogP contribution in [0.2, 0.25) is 0 Å². The molecule has 0 atom stereocenters. The van der Waals surface area contributed by atoms with Gasteiger partial charge in [-0.15, -0.1) is 0 Å². The van der Waals surface area contributed by atoms with Crippen LogP contribution in [-0.2, 0) is 9.59 Å². The Balaban J connectivity index is 2.33. The second-order valence-corrected chi connectivity index (χ2v) is 5.08. The molecule has 0 saturated carbocycles. The Kier molecular flexibility index (Phi) is 6.04. The van der Waals surface area contributed by atoms with E-state index in [1.165, 1.54) is 0 Å². The number of carbonyl (C=O) groups excluding carboxylic acids is 2. The predicted molar refractivity (Wildman–Crippen MR) is 74.1 cm³/mol. The first kappa shape index (κ1) is 14.9. The number of hydrogen-bond donors (Lipinski definition) is 1. The van der Waals surface area contributed by atoms with Crippen molar-refractivity contribution in [3.63, 3.8) is 0 Å². The molecule has 0 aliphatic carbocycles. The summed E-state index contributed by atoms with van der Waals surface area (Å²) in [5.41, 5.74) is 5.40. The van der Waals surface area contributed by atoms with Gasteiger partial charge in [0.2, 0.25) is 11.8 Å². The SMILES string of the molecule is CCCN1CC(=O)N(CCCCC(N)=S)CC1=O. The first-order valence-corrected chi connectivity index (χ1v) is 6.79. The summed E-state index contributed by atoms with van der Waals surface area (Å²) in [7, 11) is 0. The third kappa shape index (κ3) is 4.60. The highest BCUT2D eigenvalue weighted by Crippen LogP contribution is 2.08. The third-order valence-corrected chi connectivity index (χ3v) is 3.16. The summed E-state index contributed by atoms with van der Waals surface area (Å²) in [4.78, 5) is 27.4. The number of hydrogen-bond acceptors (Lipinski definition) is 3. The van der Waals surface area contributed by atoms with E-state index in [4.69, 9.17) is 18.0 Å². The zero-order valence-corrected chi connectivity index (χ0v) is 11.7. The van der Waals surface area contributed by atoms with E-state index >= 15 is 0 Å². The van der Waals surface area contributed by atoms with Gasteiger partial charge in [-0.1, -0.05) is 19.1 Å². The number of rotatable bonds is 7. The molecule has 1 rings (SSSR count). The Morgan fingerprint density at radius 3 is 2.22 bits per heavy atom. The Morgan fingerprint density at radius 1 is 1.17 bits per heavy atom. The van der Waals surface area contributed by atoms with Gasteiger partial charge in [0.15, 0.2) is 0 Å². The Bertz CT molecular complexity index is 333. The third-order valence-electron chi connectivity index (χ3n) is 2.95. The van der Waals surface area contributed by atoms with Gasteiger partial charge in [0, 0.05) is 13.1 Å². The van der Waals surface area contributed by atoms with Gasteiger partial charge in [0.1, 0.15) is 0 Å². The van der Waals surface area contributed by atoms with E-state index in [0.717, 1.165) is 19.3 Å². The van der Waals surface area contributed by atoms with Crippen molar-refractivity contribution in [2.24, 2.45) is 5.73 Å². The Hall–Kier alpha value is -1.17. The molecule has 6 heteroatoms. The number of thiocarbonyl (C=S) groups is 1. The molecule has 0 radical (unpaired) electrons. The molecular weight excluding hydrogens is 250 g/mol. The summed E-state index contributed by atoms with van der Waals surface area (Å²) < 4.78 is 0. The zero-order valence-electron chi connectivity index (χ0n) is 10.9. The highest BCUT2D eigenvalue weighted by Gasteiger charge is 2.28. The first-order chi connectivity index (χ1) is 8.54. The van der Waals surface area contributed by atoms with Crippen LogP contribution in [0.25, 0.3) is 0 Å². The molecule has 0 unspecified atom stereocenters. The van der Waals surface area contributed by atoms with Crippen molar-refractivity contribution >= 4 is 29.0 Å². The van der Waals surface area contributed by atoms with Crippen LogP contribution in [0.4, 0.5) is 0 Å². The number of nitrogens with zero attached hydrogens (tertiary/aromatic N) is 2. The van der Waals surface area contributed by atoms with Gasteiger partial charge in [0.25, 0.3) is 0 Å². The highest BCUT2D eigenvalue weighted by atomic mass is 32.1. The number of unbranched alkanes of at least 4 members (excludes halogenated alkanes) is 1. The summed E-state index contributed by atoms with van der Waals surface area (Å²) in [6.45, 7) is 3.72. The fourth-order valence-corrected chi connectivity index (χ4v) is 2.13. The lowest BCUT2D eigenvalue weighted by Crippen LogP contribution is -2.54. The second kappa shape index (κ2) is 7.31. The maximum Gasteiger partial charge on any atom is 0.242 e. The molecule has 1 fully saturated rings. The van der Waals surface area contributed by atoms with Crippen LogP contribution in [0.5, 0.6) is 0 Å². The minimum absolute atomic E-state index is 0.0402. The van der Waals surface area contributed by atoms with Gasteiger partial charge >= 0.3 is 0 Å². The van der Waals surface area contributed by atoms with Crippen LogP contribution in [-0.4, -0.2) is 52.8 Å². The summed E-state index contributed by atoms with van der Waals surface area (Å²) in [5, 5.41) is 0. The van der Waals surface area contributed by atoms with Crippen molar-refractivity contribution in [3.8, 4) is 0 Å². The maximum absolute atomic E-state index is 11.8. The fourth-order valence-electron chi connectivity index (χ4n) is 1.98. The molecule has 1 saturated heterocycles. The van der Waals surface area contributed by atoms with Crippen LogP contribution in [0.3, 0.4) is 0 Å². The normalized spacial score (nSPS) is 16.3. The van der Waals surface area contributed by atoms with Crippen molar-refractivity contribution in [1.29, 1.82) is 0 Å². The van der Waals surface area contributed by atoms with Crippen molar-refractivity contribution < 1.29 is 9.59 Å². The highest BCUT2D eigenvalue weighted by molar-refractivity contribution is 7.80. The Morgan fingerprint density at radius 2 is 1.72 bits per heavy atom. The van der Waals surface area contributed by atoms with E-state index < -0.39 is 0 Å². The van der Waals surface area contributed by atoms with E-state index in [2.05, 4.69) is 0 Å². The lowest BCUT2D eigenvalue weighted by molar-refractivity contribution is -0.150. The number of amides is 2. The lowest BCUT2D eigenvalue weighted by atomic mass is 10.2. The second-order valence-electron chi connectivity index (χ2n) is 4.55. The molecule has 1 aliphatic rings. The van der Waals surface area contributed by atoms with Crippen molar-refractivity contribution in [2.75, 3.05) is 26.2 Å². The van der Waals surface area contributed by atoms with E-state index in [9.17, 15) is 9.59 Å². The first-order valence-electron chi connectivity index (χ1n) is 6.38. The monoisotopic (exact) mass is 271 g/mol. The Labute approximate surface area is 113 Å². The summed E-state index contributed by atoms with van der Waals surface area (Å²) in [6, 6.07) is 0. The molecule has 0 spiro atoms. The van der Waals surface area contributed by atoms with Gasteiger partial charge < -0.3 is 15.5 Å².